The Labute approximate surface area is 95.8 Å². The molecule has 0 bridgehead atoms. The first-order valence-corrected chi connectivity index (χ1v) is 6.40. The number of hydrogen-bond donors (Lipinski definition) is 1. The quantitative estimate of drug-likeness (QED) is 0.915. The molecule has 1 saturated heterocycles. The fraction of sp³-hybridized carbons (Fsp3) is 0.500. The first-order valence-electron chi connectivity index (χ1n) is 4.72. The van der Waals surface area contributed by atoms with Crippen LogP contribution >= 0.6 is 27.3 Å². The van der Waals surface area contributed by atoms with Gasteiger partial charge in [0.15, 0.2) is 0 Å². The monoisotopic (exact) mass is 273 g/mol. The Morgan fingerprint density at radius 1 is 1.71 bits per heavy atom. The molecule has 1 aromatic heterocycles. The number of Topliss-reactive ketones (excluding diaryl/α,β-unsaturated/α-hetero) is 1. The molecule has 1 atom stereocenters. The molecule has 1 aliphatic heterocycles. The highest BCUT2D eigenvalue weighted by Gasteiger charge is 2.22. The van der Waals surface area contributed by atoms with Gasteiger partial charge >= 0.3 is 0 Å². The second-order valence-corrected chi connectivity index (χ2v) is 5.38. The van der Waals surface area contributed by atoms with Crippen LogP contribution in [0.2, 0.25) is 0 Å². The predicted octanol–water partition coefficient (Wildman–Crippen LogP) is 2.23. The lowest BCUT2D eigenvalue weighted by Crippen LogP contribution is -2.19. The Morgan fingerprint density at radius 2 is 2.57 bits per heavy atom. The molecule has 2 nitrogen and oxygen atoms in total. The molecule has 0 aliphatic carbocycles. The van der Waals surface area contributed by atoms with E-state index in [0.717, 1.165) is 28.9 Å². The van der Waals surface area contributed by atoms with Gasteiger partial charge in [-0.25, -0.2) is 0 Å². The van der Waals surface area contributed by atoms with Gasteiger partial charge in [-0.2, -0.15) is 0 Å². The third kappa shape index (κ3) is 2.24. The highest BCUT2D eigenvalue weighted by atomic mass is 79.9. The molecule has 0 aromatic carbocycles. The lowest BCUT2D eigenvalue weighted by Gasteiger charge is -2.05. The van der Waals surface area contributed by atoms with Gasteiger partial charge in [0.2, 0.25) is 0 Å². The summed E-state index contributed by atoms with van der Waals surface area (Å²) in [7, 11) is 0. The zero-order chi connectivity index (χ0) is 9.97. The fourth-order valence-electron chi connectivity index (χ4n) is 1.68. The lowest BCUT2D eigenvalue weighted by atomic mass is 10.0. The van der Waals surface area contributed by atoms with Gasteiger partial charge in [0.05, 0.1) is 0 Å². The first kappa shape index (κ1) is 10.3. The number of hydrogen-bond acceptors (Lipinski definition) is 3. The minimum absolute atomic E-state index is 0.240. The van der Waals surface area contributed by atoms with Crippen molar-refractivity contribution in [3.05, 3.63) is 20.8 Å². The van der Waals surface area contributed by atoms with Crippen LogP contribution < -0.4 is 5.32 Å². The molecule has 0 spiro atoms. The molecule has 1 fully saturated rings. The van der Waals surface area contributed by atoms with Crippen LogP contribution in [0.1, 0.15) is 11.3 Å². The molecule has 0 saturated carbocycles. The van der Waals surface area contributed by atoms with Gasteiger partial charge in [0.25, 0.3) is 0 Å². The van der Waals surface area contributed by atoms with Gasteiger partial charge in [-0.15, -0.1) is 11.3 Å². The minimum Gasteiger partial charge on any atom is -0.316 e. The van der Waals surface area contributed by atoms with Gasteiger partial charge in [-0.1, -0.05) is 0 Å². The van der Waals surface area contributed by atoms with Gasteiger partial charge in [0, 0.05) is 28.2 Å². The molecule has 0 radical (unpaired) electrons. The van der Waals surface area contributed by atoms with Crippen molar-refractivity contribution in [1.82, 2.24) is 5.32 Å². The average molecular weight is 274 g/mol. The van der Waals surface area contributed by atoms with Crippen LogP contribution in [0.25, 0.3) is 0 Å². The molecule has 1 N–H and O–H groups in total. The van der Waals surface area contributed by atoms with Crippen molar-refractivity contribution in [3.63, 3.8) is 0 Å². The topological polar surface area (TPSA) is 29.1 Å². The molecule has 1 aliphatic rings. The van der Waals surface area contributed by atoms with E-state index in [0.29, 0.717) is 12.2 Å². The zero-order valence-corrected chi connectivity index (χ0v) is 10.2. The Bertz CT molecular complexity index is 331. The maximum Gasteiger partial charge on any atom is 0.142 e. The SMILES string of the molecule is O=C(Cc1sccc1Br)C1CCNC1. The zero-order valence-electron chi connectivity index (χ0n) is 7.75. The number of thiophene rings is 1. The van der Waals surface area contributed by atoms with Crippen LogP contribution in [0.5, 0.6) is 0 Å². The normalized spacial score (nSPS) is 21.4. The summed E-state index contributed by atoms with van der Waals surface area (Å²) in [6.45, 7) is 1.85. The van der Waals surface area contributed by atoms with Crippen LogP contribution in [-0.2, 0) is 11.2 Å². The maximum absolute atomic E-state index is 11.8. The number of halogens is 1. The summed E-state index contributed by atoms with van der Waals surface area (Å²) in [5.41, 5.74) is 0. The van der Waals surface area contributed by atoms with E-state index in [1.807, 2.05) is 11.4 Å². The van der Waals surface area contributed by atoms with Crippen molar-refractivity contribution in [3.8, 4) is 0 Å². The van der Waals surface area contributed by atoms with Gasteiger partial charge < -0.3 is 5.32 Å². The largest absolute Gasteiger partial charge is 0.316 e. The van der Waals surface area contributed by atoms with E-state index in [4.69, 9.17) is 0 Å². The van der Waals surface area contributed by atoms with Crippen molar-refractivity contribution in [1.29, 1.82) is 0 Å². The molecule has 1 aromatic rings. The number of carbonyl (C=O) groups excluding carboxylic acids is 1. The van der Waals surface area contributed by atoms with Crippen molar-refractivity contribution in [2.45, 2.75) is 12.8 Å². The minimum atomic E-state index is 0.240. The molecular formula is C10H12BrNOS. The molecule has 0 amide bonds. The van der Waals surface area contributed by atoms with E-state index >= 15 is 0 Å². The molecule has 2 heterocycles. The Hall–Kier alpha value is -0.190. The molecule has 1 unspecified atom stereocenters. The highest BCUT2D eigenvalue weighted by molar-refractivity contribution is 9.10. The molecular weight excluding hydrogens is 262 g/mol. The summed E-state index contributed by atoms with van der Waals surface area (Å²) in [4.78, 5) is 13.0. The van der Waals surface area contributed by atoms with Crippen molar-refractivity contribution < 1.29 is 4.79 Å². The molecule has 2 rings (SSSR count). The second kappa shape index (κ2) is 4.55. The van der Waals surface area contributed by atoms with Gasteiger partial charge in [-0.05, 0) is 40.3 Å². The predicted molar refractivity (Wildman–Crippen MR) is 61.7 cm³/mol. The lowest BCUT2D eigenvalue weighted by molar-refractivity contribution is -0.121. The Morgan fingerprint density at radius 3 is 3.14 bits per heavy atom. The van der Waals surface area contributed by atoms with Crippen molar-refractivity contribution in [2.24, 2.45) is 5.92 Å². The third-order valence-corrected chi connectivity index (χ3v) is 4.47. The summed E-state index contributed by atoms with van der Waals surface area (Å²) in [6.07, 6.45) is 1.59. The summed E-state index contributed by atoms with van der Waals surface area (Å²) in [5, 5.41) is 5.23. The molecule has 14 heavy (non-hydrogen) atoms. The fourth-order valence-corrected chi connectivity index (χ4v) is 3.19. The van der Waals surface area contributed by atoms with Gasteiger partial charge in [0.1, 0.15) is 5.78 Å². The maximum atomic E-state index is 11.8. The van der Waals surface area contributed by atoms with Gasteiger partial charge in [-0.3, -0.25) is 4.79 Å². The molecule has 76 valence electrons. The van der Waals surface area contributed by atoms with E-state index in [1.165, 1.54) is 0 Å². The summed E-state index contributed by atoms with van der Waals surface area (Å²) in [6, 6.07) is 2.00. The Kier molecular flexibility index (Phi) is 3.36. The number of carbonyl (C=O) groups is 1. The molecule has 4 heteroatoms. The van der Waals surface area contributed by atoms with E-state index in [1.54, 1.807) is 11.3 Å². The smallest absolute Gasteiger partial charge is 0.142 e. The van der Waals surface area contributed by atoms with Crippen molar-refractivity contribution >= 4 is 33.0 Å². The number of ketones is 1. The highest BCUT2D eigenvalue weighted by Crippen LogP contribution is 2.24. The standard InChI is InChI=1S/C10H12BrNOS/c11-8-2-4-14-10(8)5-9(13)7-1-3-12-6-7/h2,4,7,12H,1,3,5-6H2. The number of nitrogens with one attached hydrogen (secondary N) is 1. The van der Waals surface area contributed by atoms with E-state index in [9.17, 15) is 4.79 Å². The van der Waals surface area contributed by atoms with E-state index < -0.39 is 0 Å². The van der Waals surface area contributed by atoms with Crippen LogP contribution in [-0.4, -0.2) is 18.9 Å². The van der Waals surface area contributed by atoms with Crippen molar-refractivity contribution in [2.75, 3.05) is 13.1 Å². The Balaban J connectivity index is 1.97. The van der Waals surface area contributed by atoms with E-state index in [2.05, 4.69) is 21.2 Å². The van der Waals surface area contributed by atoms with Crippen LogP contribution in [0.15, 0.2) is 15.9 Å². The van der Waals surface area contributed by atoms with Crippen LogP contribution in [0.3, 0.4) is 0 Å². The summed E-state index contributed by atoms with van der Waals surface area (Å²) < 4.78 is 1.07. The third-order valence-electron chi connectivity index (χ3n) is 2.54. The number of rotatable bonds is 3. The van der Waals surface area contributed by atoms with Crippen LogP contribution in [0, 0.1) is 5.92 Å². The second-order valence-electron chi connectivity index (χ2n) is 3.52. The first-order chi connectivity index (χ1) is 6.77. The summed E-state index contributed by atoms with van der Waals surface area (Å²) >= 11 is 5.09. The average Bonchev–Trinajstić information content (AvgIpc) is 2.77. The summed E-state index contributed by atoms with van der Waals surface area (Å²) in [5.74, 6) is 0.613. The van der Waals surface area contributed by atoms with E-state index in [-0.39, 0.29) is 5.92 Å². The van der Waals surface area contributed by atoms with Crippen LogP contribution in [0.4, 0.5) is 0 Å².